The van der Waals surface area contributed by atoms with Gasteiger partial charge in [-0.3, -0.25) is 9.97 Å². The number of hydrogen-bond acceptors (Lipinski definition) is 3. The van der Waals surface area contributed by atoms with Crippen LogP contribution < -0.4 is 0 Å². The summed E-state index contributed by atoms with van der Waals surface area (Å²) in [6.07, 6.45) is 3.54. The molecule has 3 nitrogen and oxygen atoms in total. The van der Waals surface area contributed by atoms with Crippen LogP contribution in [0.5, 0.6) is 0 Å². The number of aromatic nitrogens is 3. The van der Waals surface area contributed by atoms with Crippen LogP contribution in [0.1, 0.15) is 0 Å². The molecular formula is C15H11Cl2CuN3. The zero-order valence-electron chi connectivity index (χ0n) is 10.7. The van der Waals surface area contributed by atoms with Crippen LogP contribution >= 0.6 is 20.2 Å². The van der Waals surface area contributed by atoms with Crippen LogP contribution in [0.4, 0.5) is 0 Å². The van der Waals surface area contributed by atoms with Crippen molar-refractivity contribution >= 4 is 20.2 Å². The van der Waals surface area contributed by atoms with E-state index in [4.69, 9.17) is 0 Å². The predicted molar refractivity (Wildman–Crippen MR) is 82.4 cm³/mol. The molecule has 0 N–H and O–H groups in total. The van der Waals surface area contributed by atoms with Gasteiger partial charge in [0.2, 0.25) is 0 Å². The Bertz CT molecular complexity index is 611. The minimum atomic E-state index is 0.757. The largest absolute Gasteiger partial charge is 0.255 e. The van der Waals surface area contributed by atoms with Gasteiger partial charge in [-0.25, -0.2) is 4.98 Å². The summed E-state index contributed by atoms with van der Waals surface area (Å²) in [5.41, 5.74) is 3.46. The van der Waals surface area contributed by atoms with Crippen molar-refractivity contribution in [3.8, 4) is 22.8 Å². The average Bonchev–Trinajstić information content (AvgIpc) is 2.57. The molecule has 0 aliphatic heterocycles. The van der Waals surface area contributed by atoms with Crippen molar-refractivity contribution in [1.29, 1.82) is 0 Å². The molecular weight excluding hydrogens is 357 g/mol. The third-order valence-corrected chi connectivity index (χ3v) is 2.60. The molecule has 3 rings (SSSR count). The Labute approximate surface area is 138 Å². The quantitative estimate of drug-likeness (QED) is 0.622. The van der Waals surface area contributed by atoms with E-state index in [-0.39, 0.29) is 0 Å². The first-order valence-electron chi connectivity index (χ1n) is 5.96. The van der Waals surface area contributed by atoms with Crippen LogP contribution in [0, 0.1) is 0 Å². The fraction of sp³-hybridized carbons (Fsp3) is 0. The summed E-state index contributed by atoms with van der Waals surface area (Å²) < 4.78 is 0. The van der Waals surface area contributed by atoms with Crippen molar-refractivity contribution in [1.82, 2.24) is 15.0 Å². The van der Waals surface area contributed by atoms with Gasteiger partial charge < -0.3 is 0 Å². The fourth-order valence-electron chi connectivity index (χ4n) is 1.75. The first-order chi connectivity index (χ1) is 10.3. The molecule has 111 valence electrons. The molecule has 0 aliphatic carbocycles. The maximum Gasteiger partial charge on any atom is 0.0894 e. The molecule has 21 heavy (non-hydrogen) atoms. The average molecular weight is 368 g/mol. The zero-order chi connectivity index (χ0) is 14.9. The van der Waals surface area contributed by atoms with E-state index >= 15 is 0 Å². The molecule has 0 aromatic carbocycles. The second kappa shape index (κ2) is 8.75. The maximum absolute atomic E-state index is 4.67. The maximum atomic E-state index is 4.67. The summed E-state index contributed by atoms with van der Waals surface area (Å²) in [7, 11) is 9.34. The first-order valence-corrected chi connectivity index (χ1v) is 8.55. The minimum Gasteiger partial charge on any atom is -0.255 e. The molecule has 0 fully saturated rings. The van der Waals surface area contributed by atoms with Crippen molar-refractivity contribution in [3.05, 3.63) is 67.0 Å². The van der Waals surface area contributed by atoms with Crippen LogP contribution in [-0.2, 0) is 13.1 Å². The van der Waals surface area contributed by atoms with Crippen molar-refractivity contribution in [3.63, 3.8) is 0 Å². The van der Waals surface area contributed by atoms with Gasteiger partial charge >= 0.3 is 33.3 Å². The summed E-state index contributed by atoms with van der Waals surface area (Å²) >= 11 is 0.757. The molecule has 3 aromatic rings. The molecule has 0 amide bonds. The van der Waals surface area contributed by atoms with Gasteiger partial charge in [0, 0.05) is 12.4 Å². The molecule has 0 saturated heterocycles. The van der Waals surface area contributed by atoms with Crippen molar-refractivity contribution < 1.29 is 13.1 Å². The monoisotopic (exact) mass is 366 g/mol. The number of halogens is 2. The van der Waals surface area contributed by atoms with E-state index < -0.39 is 0 Å². The van der Waals surface area contributed by atoms with Crippen molar-refractivity contribution in [2.75, 3.05) is 0 Å². The Morgan fingerprint density at radius 2 is 1.05 bits per heavy atom. The molecule has 3 aromatic heterocycles. The second-order valence-electron chi connectivity index (χ2n) is 3.88. The third kappa shape index (κ3) is 4.80. The van der Waals surface area contributed by atoms with Crippen LogP contribution in [0.2, 0.25) is 0 Å². The van der Waals surface area contributed by atoms with E-state index in [1.807, 2.05) is 54.6 Å². The fourth-order valence-corrected chi connectivity index (χ4v) is 1.75. The van der Waals surface area contributed by atoms with E-state index in [1.165, 1.54) is 0 Å². The Hall–Kier alpha value is -1.45. The van der Waals surface area contributed by atoms with Gasteiger partial charge in [0.05, 0.1) is 22.8 Å². The Balaban J connectivity index is 0.000000497. The summed E-state index contributed by atoms with van der Waals surface area (Å²) in [5, 5.41) is 0. The van der Waals surface area contributed by atoms with Gasteiger partial charge in [-0.1, -0.05) is 18.2 Å². The van der Waals surface area contributed by atoms with Gasteiger partial charge in [0.1, 0.15) is 0 Å². The SMILES string of the molecule is [Cl][Cu][Cl].c1ccc(-c2cccc(-c3ccccn3)n2)nc1. The van der Waals surface area contributed by atoms with Crippen LogP contribution in [-0.4, -0.2) is 15.0 Å². The van der Waals surface area contributed by atoms with E-state index in [0.717, 1.165) is 35.9 Å². The smallest absolute Gasteiger partial charge is 0.0894 e. The summed E-state index contributed by atoms with van der Waals surface area (Å²) in [6, 6.07) is 17.5. The number of pyridine rings is 3. The van der Waals surface area contributed by atoms with Crippen molar-refractivity contribution in [2.45, 2.75) is 0 Å². The summed E-state index contributed by atoms with van der Waals surface area (Å²) in [6.45, 7) is 0. The molecule has 0 saturated carbocycles. The number of hydrogen-bond donors (Lipinski definition) is 0. The van der Waals surface area contributed by atoms with Gasteiger partial charge in [-0.15, -0.1) is 0 Å². The van der Waals surface area contributed by atoms with E-state index in [9.17, 15) is 0 Å². The molecule has 0 unspecified atom stereocenters. The molecule has 0 spiro atoms. The molecule has 0 bridgehead atoms. The standard InChI is InChI=1S/C15H11N3.2ClH.Cu/c1-3-10-16-12(6-1)14-8-5-9-15(18-14)13-7-2-4-11-17-13;;;/h1-11H;2*1H;/q;;;+2/p-2. The Kier molecular flexibility index (Phi) is 6.64. The van der Waals surface area contributed by atoms with Crippen molar-refractivity contribution in [2.24, 2.45) is 0 Å². The molecule has 0 aliphatic rings. The van der Waals surface area contributed by atoms with E-state index in [0.29, 0.717) is 0 Å². The minimum absolute atomic E-state index is 0.757. The molecule has 6 heteroatoms. The molecule has 3 heterocycles. The Morgan fingerprint density at radius 1 is 0.619 bits per heavy atom. The first kappa shape index (κ1) is 15.9. The normalized spacial score (nSPS) is 9.81. The van der Waals surface area contributed by atoms with Crippen LogP contribution in [0.25, 0.3) is 22.8 Å². The zero-order valence-corrected chi connectivity index (χ0v) is 13.2. The predicted octanol–water partition coefficient (Wildman–Crippen LogP) is 4.58. The van der Waals surface area contributed by atoms with Gasteiger partial charge in [-0.05, 0) is 36.4 Å². The third-order valence-electron chi connectivity index (χ3n) is 2.60. The summed E-state index contributed by atoms with van der Waals surface area (Å²) in [4.78, 5) is 13.2. The number of nitrogens with zero attached hydrogens (tertiary/aromatic N) is 3. The molecule has 0 atom stereocenters. The van der Waals surface area contributed by atoms with Gasteiger partial charge in [0.15, 0.2) is 0 Å². The summed E-state index contributed by atoms with van der Waals surface area (Å²) in [5.74, 6) is 0. The number of rotatable bonds is 2. The molecule has 0 radical (unpaired) electrons. The topological polar surface area (TPSA) is 38.7 Å². The van der Waals surface area contributed by atoms with Gasteiger partial charge in [-0.2, -0.15) is 0 Å². The van der Waals surface area contributed by atoms with E-state index in [2.05, 4.69) is 35.1 Å². The van der Waals surface area contributed by atoms with Gasteiger partial charge in [0.25, 0.3) is 0 Å². The van der Waals surface area contributed by atoms with Crippen LogP contribution in [0.3, 0.4) is 0 Å². The second-order valence-corrected chi connectivity index (χ2v) is 5.44. The Morgan fingerprint density at radius 3 is 1.43 bits per heavy atom. The van der Waals surface area contributed by atoms with E-state index in [1.54, 1.807) is 12.4 Å². The van der Waals surface area contributed by atoms with Crippen LogP contribution in [0.15, 0.2) is 67.0 Å².